The van der Waals surface area contributed by atoms with E-state index in [-0.39, 0.29) is 16.3 Å². The van der Waals surface area contributed by atoms with Crippen molar-refractivity contribution in [3.05, 3.63) is 58.1 Å². The summed E-state index contributed by atoms with van der Waals surface area (Å²) in [5, 5.41) is -0.368. The van der Waals surface area contributed by atoms with Crippen molar-refractivity contribution < 1.29 is 31.1 Å². The van der Waals surface area contributed by atoms with Crippen LogP contribution in [0.1, 0.15) is 21.5 Å². The Bertz CT molecular complexity index is 958. The fourth-order valence-electron chi connectivity index (χ4n) is 2.06. The summed E-state index contributed by atoms with van der Waals surface area (Å²) in [6, 6.07) is 6.11. The summed E-state index contributed by atoms with van der Waals surface area (Å²) in [5.74, 6) is -0.692. The van der Waals surface area contributed by atoms with Gasteiger partial charge >= 0.3 is 12.1 Å². The molecule has 10 heteroatoms. The Morgan fingerprint density at radius 1 is 1.15 bits per heavy atom. The molecule has 0 aliphatic carbocycles. The normalized spacial score (nSPS) is 11.9. The van der Waals surface area contributed by atoms with Crippen LogP contribution in [0.25, 0.3) is 0 Å². The number of carbonyl (C=O) groups is 1. The number of alkyl halides is 3. The number of methoxy groups -OCH3 is 1. The number of sulfonamides is 1. The number of esters is 1. The third-order valence-electron chi connectivity index (χ3n) is 3.45. The van der Waals surface area contributed by atoms with Crippen molar-refractivity contribution in [1.29, 1.82) is 0 Å². The van der Waals surface area contributed by atoms with E-state index >= 15 is 0 Å². The Labute approximate surface area is 152 Å². The first-order valence-electron chi connectivity index (χ1n) is 7.04. The molecular formula is C16H13ClF3NO4S. The second-order valence-corrected chi connectivity index (χ2v) is 7.33. The molecule has 0 saturated carbocycles. The molecule has 2 aromatic rings. The Morgan fingerprint density at radius 2 is 1.81 bits per heavy atom. The maximum Gasteiger partial charge on any atom is 0.416 e. The number of halogens is 4. The molecule has 0 radical (unpaired) electrons. The second-order valence-electron chi connectivity index (χ2n) is 5.27. The lowest BCUT2D eigenvalue weighted by Gasteiger charge is -2.14. The average Bonchev–Trinajstić information content (AvgIpc) is 2.55. The van der Waals surface area contributed by atoms with Crippen LogP contribution in [0.2, 0.25) is 5.02 Å². The van der Waals surface area contributed by atoms with Crippen LogP contribution in [0.3, 0.4) is 0 Å². The van der Waals surface area contributed by atoms with Gasteiger partial charge in [0.1, 0.15) is 4.90 Å². The summed E-state index contributed by atoms with van der Waals surface area (Å²) in [4.78, 5) is 10.9. The summed E-state index contributed by atoms with van der Waals surface area (Å²) in [6.45, 7) is 1.56. The Kier molecular flexibility index (Phi) is 5.52. The van der Waals surface area contributed by atoms with E-state index in [1.807, 2.05) is 0 Å². The first-order valence-corrected chi connectivity index (χ1v) is 8.90. The summed E-state index contributed by atoms with van der Waals surface area (Å²) in [6.07, 6.45) is -4.73. The predicted molar refractivity (Wildman–Crippen MR) is 89.8 cm³/mol. The van der Waals surface area contributed by atoms with E-state index in [0.717, 1.165) is 13.2 Å². The minimum absolute atomic E-state index is 0.0152. The van der Waals surface area contributed by atoms with E-state index in [1.165, 1.54) is 18.2 Å². The summed E-state index contributed by atoms with van der Waals surface area (Å²) < 4.78 is 70.3. The third-order valence-corrected chi connectivity index (χ3v) is 5.30. The highest BCUT2D eigenvalue weighted by molar-refractivity contribution is 7.92. The van der Waals surface area contributed by atoms with Crippen LogP contribution in [0.5, 0.6) is 0 Å². The zero-order chi connectivity index (χ0) is 19.7. The summed E-state index contributed by atoms with van der Waals surface area (Å²) in [5.41, 5.74) is -0.612. The first-order chi connectivity index (χ1) is 12.0. The van der Waals surface area contributed by atoms with Crippen LogP contribution in [0.15, 0.2) is 41.3 Å². The van der Waals surface area contributed by atoms with Gasteiger partial charge in [0.05, 0.1) is 28.9 Å². The maximum absolute atomic E-state index is 12.8. The van der Waals surface area contributed by atoms with Gasteiger partial charge in [-0.15, -0.1) is 0 Å². The molecule has 0 spiro atoms. The van der Waals surface area contributed by atoms with E-state index in [1.54, 1.807) is 6.92 Å². The van der Waals surface area contributed by atoms with Crippen molar-refractivity contribution in [1.82, 2.24) is 0 Å². The topological polar surface area (TPSA) is 72.5 Å². The van der Waals surface area contributed by atoms with Crippen molar-refractivity contribution in [2.75, 3.05) is 11.8 Å². The Morgan fingerprint density at radius 3 is 2.38 bits per heavy atom. The van der Waals surface area contributed by atoms with Crippen molar-refractivity contribution in [3.63, 3.8) is 0 Å². The zero-order valence-corrected chi connectivity index (χ0v) is 15.1. The van der Waals surface area contributed by atoms with E-state index in [0.29, 0.717) is 17.7 Å². The Balaban J connectivity index is 2.49. The van der Waals surface area contributed by atoms with Crippen molar-refractivity contribution in [3.8, 4) is 0 Å². The quantitative estimate of drug-likeness (QED) is 0.769. The van der Waals surface area contributed by atoms with Crippen molar-refractivity contribution in [2.24, 2.45) is 0 Å². The summed E-state index contributed by atoms with van der Waals surface area (Å²) >= 11 is 5.78. The van der Waals surface area contributed by atoms with Gasteiger partial charge in [-0.1, -0.05) is 17.7 Å². The highest BCUT2D eigenvalue weighted by atomic mass is 35.5. The van der Waals surface area contributed by atoms with Crippen LogP contribution < -0.4 is 4.72 Å². The fraction of sp³-hybridized carbons (Fsp3) is 0.188. The number of carbonyl (C=O) groups excluding carboxylic acids is 1. The zero-order valence-electron chi connectivity index (χ0n) is 13.5. The molecule has 26 heavy (non-hydrogen) atoms. The molecular weight excluding hydrogens is 395 g/mol. The molecule has 0 aliphatic rings. The smallest absolute Gasteiger partial charge is 0.416 e. The SMILES string of the molecule is COC(=O)c1ccc(C)c(NS(=O)(=O)c2cc(C(F)(F)F)ccc2Cl)c1. The highest BCUT2D eigenvalue weighted by Gasteiger charge is 2.33. The number of nitrogens with one attached hydrogen (secondary N) is 1. The van der Waals surface area contributed by atoms with Crippen LogP contribution in [-0.2, 0) is 20.9 Å². The van der Waals surface area contributed by atoms with Gasteiger partial charge in [-0.3, -0.25) is 4.72 Å². The van der Waals surface area contributed by atoms with Crippen LogP contribution in [-0.4, -0.2) is 21.5 Å². The molecule has 0 heterocycles. The van der Waals surface area contributed by atoms with E-state index in [9.17, 15) is 26.4 Å². The second kappa shape index (κ2) is 7.16. The van der Waals surface area contributed by atoms with Gasteiger partial charge < -0.3 is 4.74 Å². The molecule has 2 rings (SSSR count). The van der Waals surface area contributed by atoms with Crippen LogP contribution in [0, 0.1) is 6.92 Å². The number of hydrogen-bond acceptors (Lipinski definition) is 4. The molecule has 0 fully saturated rings. The molecule has 0 bridgehead atoms. The monoisotopic (exact) mass is 407 g/mol. The molecule has 140 valence electrons. The molecule has 1 N–H and O–H groups in total. The van der Waals surface area contributed by atoms with E-state index in [4.69, 9.17) is 11.6 Å². The molecule has 0 aromatic heterocycles. The third kappa shape index (κ3) is 4.28. The standard InChI is InChI=1S/C16H13ClF3NO4S/c1-9-3-4-10(15(22)25-2)7-13(9)21-26(23,24)14-8-11(16(18,19)20)5-6-12(14)17/h3-8,21H,1-2H3. The number of aryl methyl sites for hydroxylation is 1. The molecule has 0 amide bonds. The van der Waals surface area contributed by atoms with Crippen molar-refractivity contribution in [2.45, 2.75) is 18.0 Å². The number of ether oxygens (including phenoxy) is 1. The van der Waals surface area contributed by atoms with E-state index < -0.39 is 32.6 Å². The molecule has 0 unspecified atom stereocenters. The molecule has 0 saturated heterocycles. The van der Waals surface area contributed by atoms with Gasteiger partial charge in [0, 0.05) is 0 Å². The number of rotatable bonds is 4. The lowest BCUT2D eigenvalue weighted by molar-refractivity contribution is -0.137. The molecule has 0 atom stereocenters. The van der Waals surface area contributed by atoms with Gasteiger partial charge in [-0.05, 0) is 42.8 Å². The molecule has 5 nitrogen and oxygen atoms in total. The minimum Gasteiger partial charge on any atom is -0.465 e. The maximum atomic E-state index is 12.8. The molecule has 0 aliphatic heterocycles. The highest BCUT2D eigenvalue weighted by Crippen LogP contribution is 2.34. The number of benzene rings is 2. The van der Waals surface area contributed by atoms with Crippen LogP contribution >= 0.6 is 11.6 Å². The van der Waals surface area contributed by atoms with Crippen molar-refractivity contribution >= 4 is 33.3 Å². The predicted octanol–water partition coefficient (Wildman–Crippen LogP) is 4.25. The minimum atomic E-state index is -4.73. The van der Waals surface area contributed by atoms with Gasteiger partial charge in [-0.2, -0.15) is 13.2 Å². The van der Waals surface area contributed by atoms with Gasteiger partial charge in [-0.25, -0.2) is 13.2 Å². The largest absolute Gasteiger partial charge is 0.465 e. The lowest BCUT2D eigenvalue weighted by atomic mass is 10.1. The fourth-order valence-corrected chi connectivity index (χ4v) is 3.71. The molecule has 2 aromatic carbocycles. The first kappa shape index (κ1) is 20.1. The Hall–Kier alpha value is -2.26. The van der Waals surface area contributed by atoms with Gasteiger partial charge in [0.25, 0.3) is 10.0 Å². The lowest BCUT2D eigenvalue weighted by Crippen LogP contribution is -2.16. The average molecular weight is 408 g/mol. The van der Waals surface area contributed by atoms with Gasteiger partial charge in [0.15, 0.2) is 0 Å². The van der Waals surface area contributed by atoms with Crippen LogP contribution in [0.4, 0.5) is 18.9 Å². The van der Waals surface area contributed by atoms with E-state index in [2.05, 4.69) is 9.46 Å². The summed E-state index contributed by atoms with van der Waals surface area (Å²) in [7, 11) is -3.27. The van der Waals surface area contributed by atoms with Gasteiger partial charge in [0.2, 0.25) is 0 Å². The number of hydrogen-bond donors (Lipinski definition) is 1. The number of anilines is 1.